The second kappa shape index (κ2) is 14.3. The number of rotatable bonds is 12. The Kier molecular flexibility index (Phi) is 10.2. The number of carboxylic acid groups (broad SMARTS) is 1. The smallest absolute Gasteiger partial charge is 0.314 e. The lowest BCUT2D eigenvalue weighted by atomic mass is 9.73. The van der Waals surface area contributed by atoms with Crippen LogP contribution in [0.25, 0.3) is 10.9 Å². The summed E-state index contributed by atoms with van der Waals surface area (Å²) in [6.07, 6.45) is 0.388. The molecule has 5 N–H and O–H groups in total. The number of piperidine rings is 1. The van der Waals surface area contributed by atoms with Crippen LogP contribution >= 0.6 is 11.3 Å². The predicted molar refractivity (Wildman–Crippen MR) is 175 cm³/mol. The van der Waals surface area contributed by atoms with E-state index in [2.05, 4.69) is 10.3 Å². The maximum atomic E-state index is 13.3. The van der Waals surface area contributed by atoms with E-state index in [-0.39, 0.29) is 35.2 Å². The Labute approximate surface area is 270 Å². The Balaban J connectivity index is 1.11. The number of phenols is 1. The highest BCUT2D eigenvalue weighted by Crippen LogP contribution is 2.37. The van der Waals surface area contributed by atoms with Gasteiger partial charge in [0.2, 0.25) is 5.56 Å². The van der Waals surface area contributed by atoms with Gasteiger partial charge in [-0.3, -0.25) is 19.2 Å². The Morgan fingerprint density at radius 2 is 1.74 bits per heavy atom. The van der Waals surface area contributed by atoms with Gasteiger partial charge in [0.05, 0.1) is 26.8 Å². The van der Waals surface area contributed by atoms with Gasteiger partial charge in [0.25, 0.3) is 11.8 Å². The molecule has 4 aromatic rings. The van der Waals surface area contributed by atoms with Crippen molar-refractivity contribution in [3.63, 3.8) is 0 Å². The number of carbonyl (C=O) groups is 3. The van der Waals surface area contributed by atoms with Crippen molar-refractivity contribution in [1.82, 2.24) is 20.1 Å². The fourth-order valence-corrected chi connectivity index (χ4v) is 6.99. The third kappa shape index (κ3) is 6.84. The monoisotopic (exact) mass is 646 g/mol. The van der Waals surface area contributed by atoms with E-state index < -0.39 is 17.5 Å². The summed E-state index contributed by atoms with van der Waals surface area (Å²) in [5, 5.41) is 34.7. The summed E-state index contributed by atoms with van der Waals surface area (Å²) >= 11 is 1.15. The van der Waals surface area contributed by atoms with Gasteiger partial charge in [-0.05, 0) is 68.1 Å². The fourth-order valence-electron chi connectivity index (χ4n) is 6.05. The van der Waals surface area contributed by atoms with Crippen molar-refractivity contribution in [2.45, 2.75) is 37.7 Å². The van der Waals surface area contributed by atoms with Crippen LogP contribution in [0.4, 0.5) is 0 Å². The largest absolute Gasteiger partial charge is 0.506 e. The molecule has 11 nitrogen and oxygen atoms in total. The maximum absolute atomic E-state index is 13.3. The molecule has 12 heteroatoms. The number of hydrogen-bond donors (Lipinski definition) is 5. The van der Waals surface area contributed by atoms with Crippen LogP contribution in [0.15, 0.2) is 71.5 Å². The Hall–Kier alpha value is -4.52. The summed E-state index contributed by atoms with van der Waals surface area (Å²) < 4.78 is 0. The fraction of sp³-hybridized carbons (Fsp3) is 0.353. The van der Waals surface area contributed by atoms with E-state index in [1.165, 1.54) is 12.1 Å². The molecule has 0 unspecified atom stereocenters. The number of aromatic hydroxyl groups is 1. The number of amides is 2. The zero-order chi connectivity index (χ0) is 32.8. The lowest BCUT2D eigenvalue weighted by molar-refractivity contribution is -0.145. The minimum Gasteiger partial charge on any atom is -0.506 e. The number of carboxylic acids is 1. The third-order valence-corrected chi connectivity index (χ3v) is 9.78. The molecule has 1 fully saturated rings. The zero-order valence-electron chi connectivity index (χ0n) is 25.6. The van der Waals surface area contributed by atoms with Crippen molar-refractivity contribution in [3.8, 4) is 5.75 Å². The van der Waals surface area contributed by atoms with Crippen molar-refractivity contribution in [2.75, 3.05) is 39.3 Å². The van der Waals surface area contributed by atoms with E-state index in [9.17, 15) is 34.5 Å². The van der Waals surface area contributed by atoms with Crippen molar-refractivity contribution < 1.29 is 29.7 Å². The number of aliphatic hydroxyl groups is 1. The van der Waals surface area contributed by atoms with Crippen LogP contribution in [0.2, 0.25) is 0 Å². The molecular weight excluding hydrogens is 608 g/mol. The number of fused-ring (bicyclic) bond motifs is 1. The number of phenolic OH excluding ortho intramolecular Hbond substituents is 1. The topological polar surface area (TPSA) is 163 Å². The first-order chi connectivity index (χ1) is 22.1. The van der Waals surface area contributed by atoms with E-state index in [1.54, 1.807) is 34.1 Å². The molecule has 1 saturated heterocycles. The molecule has 2 aromatic heterocycles. The number of carbonyl (C=O) groups excluding carboxylic acids is 2. The van der Waals surface area contributed by atoms with Gasteiger partial charge in [-0.1, -0.05) is 36.4 Å². The zero-order valence-corrected chi connectivity index (χ0v) is 26.4. The molecule has 242 valence electrons. The average Bonchev–Trinajstić information content (AvgIpc) is 3.57. The van der Waals surface area contributed by atoms with Crippen LogP contribution in [-0.2, 0) is 10.2 Å². The highest BCUT2D eigenvalue weighted by molar-refractivity contribution is 7.15. The summed E-state index contributed by atoms with van der Waals surface area (Å²) in [4.78, 5) is 57.4. The molecule has 3 heterocycles. The van der Waals surface area contributed by atoms with Crippen LogP contribution in [0.5, 0.6) is 5.75 Å². The highest BCUT2D eigenvalue weighted by Gasteiger charge is 2.44. The third-order valence-electron chi connectivity index (χ3n) is 8.72. The number of likely N-dealkylation sites (tertiary alicyclic amines) is 1. The lowest BCUT2D eigenvalue weighted by Gasteiger charge is -2.39. The highest BCUT2D eigenvalue weighted by atomic mass is 32.1. The van der Waals surface area contributed by atoms with Crippen LogP contribution in [-0.4, -0.2) is 87.2 Å². The van der Waals surface area contributed by atoms with E-state index in [0.717, 1.165) is 16.9 Å². The molecule has 1 aliphatic heterocycles. The van der Waals surface area contributed by atoms with Crippen molar-refractivity contribution in [2.24, 2.45) is 0 Å². The molecule has 2 amide bonds. The van der Waals surface area contributed by atoms with Gasteiger partial charge in [-0.25, -0.2) is 0 Å². The minimum atomic E-state index is -1.02. The molecule has 1 aliphatic rings. The number of aromatic amines is 1. The minimum absolute atomic E-state index is 0.0692. The maximum Gasteiger partial charge on any atom is 0.314 e. The van der Waals surface area contributed by atoms with Gasteiger partial charge in [0.15, 0.2) is 0 Å². The molecule has 0 spiro atoms. The Bertz CT molecular complexity index is 1760. The van der Waals surface area contributed by atoms with Crippen LogP contribution in [0.1, 0.15) is 62.8 Å². The van der Waals surface area contributed by atoms with Gasteiger partial charge in [0, 0.05) is 44.2 Å². The van der Waals surface area contributed by atoms with E-state index >= 15 is 0 Å². The summed E-state index contributed by atoms with van der Waals surface area (Å²) in [5.41, 5.74) is 0.229. The Morgan fingerprint density at radius 3 is 2.43 bits per heavy atom. The number of nitrogens with one attached hydrogen (secondary N) is 2. The summed E-state index contributed by atoms with van der Waals surface area (Å²) in [6.45, 7) is 4.26. The standard InChI is InChI=1S/C34H38N4O7S/c1-2-37(18-6-17-35-21-26(40)23-9-11-25(39)30-24(23)10-14-29(41)36-30)31(42)27-12-13-28(46-27)32(43)38-19-15-34(16-20-38,33(44)45)22-7-4-3-5-8-22/h3-5,7-14,26,35,39-40H,2,6,15-21H2,1H3,(H,36,41)(H,44,45)/t26-/m0/s1. The molecule has 0 bridgehead atoms. The number of aromatic nitrogens is 1. The second-order valence-electron chi connectivity index (χ2n) is 11.5. The first-order valence-corrected chi connectivity index (χ1v) is 16.2. The van der Waals surface area contributed by atoms with E-state index in [0.29, 0.717) is 72.7 Å². The van der Waals surface area contributed by atoms with Gasteiger partial charge in [-0.2, -0.15) is 0 Å². The first kappa shape index (κ1) is 32.9. The molecule has 0 radical (unpaired) electrons. The molecule has 1 atom stereocenters. The summed E-state index contributed by atoms with van der Waals surface area (Å²) in [6, 6.07) is 18.5. The van der Waals surface area contributed by atoms with Gasteiger partial charge in [-0.15, -0.1) is 11.3 Å². The Morgan fingerprint density at radius 1 is 1.02 bits per heavy atom. The quantitative estimate of drug-likeness (QED) is 0.145. The molecular formula is C34H38N4O7S. The van der Waals surface area contributed by atoms with Crippen molar-refractivity contribution >= 4 is 40.0 Å². The van der Waals surface area contributed by atoms with Crippen LogP contribution in [0.3, 0.4) is 0 Å². The first-order valence-electron chi connectivity index (χ1n) is 15.4. The number of nitrogens with zero attached hydrogens (tertiary/aromatic N) is 2. The van der Waals surface area contributed by atoms with Gasteiger partial charge >= 0.3 is 5.97 Å². The number of benzene rings is 2. The lowest BCUT2D eigenvalue weighted by Crippen LogP contribution is -2.49. The van der Waals surface area contributed by atoms with Crippen molar-refractivity contribution in [3.05, 3.63) is 98.0 Å². The SMILES string of the molecule is CCN(CCCNC[C@H](O)c1ccc(O)c2[nH]c(=O)ccc12)C(=O)c1ccc(C(=O)N2CCC(C(=O)O)(c3ccccc3)CC2)s1. The number of thiophene rings is 1. The molecule has 5 rings (SSSR count). The number of aliphatic carboxylic acids is 1. The second-order valence-corrected chi connectivity index (χ2v) is 12.5. The van der Waals surface area contributed by atoms with Gasteiger partial charge < -0.3 is 35.4 Å². The van der Waals surface area contributed by atoms with E-state index in [4.69, 9.17) is 0 Å². The molecule has 0 aliphatic carbocycles. The van der Waals surface area contributed by atoms with Crippen LogP contribution < -0.4 is 10.9 Å². The number of pyridine rings is 1. The van der Waals surface area contributed by atoms with Crippen LogP contribution in [0, 0.1) is 0 Å². The summed E-state index contributed by atoms with van der Waals surface area (Å²) in [7, 11) is 0. The number of hydrogen-bond acceptors (Lipinski definition) is 8. The van der Waals surface area contributed by atoms with Crippen molar-refractivity contribution in [1.29, 1.82) is 0 Å². The number of aliphatic hydroxyl groups excluding tert-OH is 1. The molecule has 46 heavy (non-hydrogen) atoms. The summed E-state index contributed by atoms with van der Waals surface area (Å²) in [5.74, 6) is -1.32. The number of H-pyrrole nitrogens is 1. The van der Waals surface area contributed by atoms with Gasteiger partial charge in [0.1, 0.15) is 5.75 Å². The predicted octanol–water partition coefficient (Wildman–Crippen LogP) is 3.73. The van der Waals surface area contributed by atoms with E-state index in [1.807, 2.05) is 37.3 Å². The average molecular weight is 647 g/mol. The molecule has 0 saturated carbocycles. The molecule has 2 aromatic carbocycles. The normalized spacial score (nSPS) is 15.0.